The van der Waals surface area contributed by atoms with E-state index in [1.807, 2.05) is 0 Å². The van der Waals surface area contributed by atoms with Gasteiger partial charge in [0.2, 0.25) is 0 Å². The monoisotopic (exact) mass is 289 g/mol. The van der Waals surface area contributed by atoms with Crippen LogP contribution in [-0.2, 0) is 4.74 Å². The van der Waals surface area contributed by atoms with Crippen LogP contribution in [0.2, 0.25) is 0 Å². The second-order valence-electron chi connectivity index (χ2n) is 6.07. The highest BCUT2D eigenvalue weighted by molar-refractivity contribution is 5.53. The third-order valence-electron chi connectivity index (χ3n) is 4.66. The normalized spacial score (nSPS) is 21.7. The van der Waals surface area contributed by atoms with Crippen molar-refractivity contribution < 1.29 is 4.74 Å². The summed E-state index contributed by atoms with van der Waals surface area (Å²) in [6.45, 7) is 13.3. The van der Waals surface area contributed by atoms with Crippen LogP contribution < -0.4 is 4.90 Å². The first-order chi connectivity index (χ1) is 10.3. The van der Waals surface area contributed by atoms with E-state index in [1.54, 1.807) is 0 Å². The molecule has 0 unspecified atom stereocenters. The molecule has 2 fully saturated rings. The Morgan fingerprint density at radius 1 is 0.857 bits per heavy atom. The Hall–Kier alpha value is -1.10. The fourth-order valence-corrected chi connectivity index (χ4v) is 3.24. The number of aryl methyl sites for hydroxylation is 1. The average molecular weight is 289 g/mol. The molecule has 116 valence electrons. The minimum Gasteiger partial charge on any atom is -0.379 e. The summed E-state index contributed by atoms with van der Waals surface area (Å²) in [6.07, 6.45) is 0. The van der Waals surface area contributed by atoms with E-state index in [0.717, 1.165) is 39.4 Å². The molecule has 2 aliphatic rings. The summed E-state index contributed by atoms with van der Waals surface area (Å²) in [6, 6.07) is 8.73. The number of piperazine rings is 1. The highest BCUT2D eigenvalue weighted by Crippen LogP contribution is 2.20. The van der Waals surface area contributed by atoms with Crippen molar-refractivity contribution in [2.24, 2.45) is 0 Å². The lowest BCUT2D eigenvalue weighted by Crippen LogP contribution is -2.49. The van der Waals surface area contributed by atoms with Gasteiger partial charge in [0.1, 0.15) is 0 Å². The number of anilines is 1. The van der Waals surface area contributed by atoms with Crippen LogP contribution in [0.5, 0.6) is 0 Å². The van der Waals surface area contributed by atoms with Gasteiger partial charge in [-0.25, -0.2) is 0 Å². The molecular formula is C17H27N3O. The Labute approximate surface area is 128 Å². The smallest absolute Gasteiger partial charge is 0.0594 e. The van der Waals surface area contributed by atoms with Crippen molar-refractivity contribution in [2.45, 2.75) is 6.92 Å². The van der Waals surface area contributed by atoms with Crippen LogP contribution in [0.3, 0.4) is 0 Å². The van der Waals surface area contributed by atoms with Crippen LogP contribution in [0.1, 0.15) is 5.56 Å². The zero-order valence-corrected chi connectivity index (χ0v) is 13.1. The fraction of sp³-hybridized carbons (Fsp3) is 0.647. The minimum atomic E-state index is 0.904. The number of para-hydroxylation sites is 1. The predicted molar refractivity (Wildman–Crippen MR) is 87.1 cm³/mol. The maximum atomic E-state index is 5.40. The van der Waals surface area contributed by atoms with Gasteiger partial charge in [0.15, 0.2) is 0 Å². The van der Waals surface area contributed by atoms with Crippen LogP contribution in [0.4, 0.5) is 5.69 Å². The molecule has 1 aromatic carbocycles. The molecular weight excluding hydrogens is 262 g/mol. The van der Waals surface area contributed by atoms with E-state index >= 15 is 0 Å². The highest BCUT2D eigenvalue weighted by atomic mass is 16.5. The number of morpholine rings is 1. The number of nitrogens with zero attached hydrogens (tertiary/aromatic N) is 3. The second-order valence-corrected chi connectivity index (χ2v) is 6.07. The summed E-state index contributed by atoms with van der Waals surface area (Å²) < 4.78 is 5.40. The Morgan fingerprint density at radius 2 is 1.48 bits per heavy atom. The molecule has 0 spiro atoms. The molecule has 0 saturated carbocycles. The molecule has 0 radical (unpaired) electrons. The Balaban J connectivity index is 1.43. The zero-order valence-electron chi connectivity index (χ0n) is 13.1. The molecule has 0 atom stereocenters. The molecule has 2 heterocycles. The van der Waals surface area contributed by atoms with Crippen molar-refractivity contribution in [1.29, 1.82) is 0 Å². The maximum absolute atomic E-state index is 5.40. The van der Waals surface area contributed by atoms with Crippen molar-refractivity contribution in [3.63, 3.8) is 0 Å². The van der Waals surface area contributed by atoms with Gasteiger partial charge in [0.05, 0.1) is 13.2 Å². The van der Waals surface area contributed by atoms with Gasteiger partial charge in [-0.1, -0.05) is 18.2 Å². The first kappa shape index (κ1) is 14.8. The van der Waals surface area contributed by atoms with Crippen molar-refractivity contribution in [1.82, 2.24) is 9.80 Å². The van der Waals surface area contributed by atoms with Gasteiger partial charge < -0.3 is 9.64 Å². The van der Waals surface area contributed by atoms with Crippen molar-refractivity contribution in [2.75, 3.05) is 70.5 Å². The van der Waals surface area contributed by atoms with E-state index in [9.17, 15) is 0 Å². The average Bonchev–Trinajstić information content (AvgIpc) is 2.55. The van der Waals surface area contributed by atoms with Crippen LogP contribution in [-0.4, -0.2) is 75.4 Å². The molecule has 0 bridgehead atoms. The molecule has 0 amide bonds. The summed E-state index contributed by atoms with van der Waals surface area (Å²) in [5.74, 6) is 0. The van der Waals surface area contributed by atoms with Crippen LogP contribution >= 0.6 is 0 Å². The first-order valence-corrected chi connectivity index (χ1v) is 8.16. The van der Waals surface area contributed by atoms with Gasteiger partial charge in [0, 0.05) is 58.0 Å². The predicted octanol–water partition coefficient (Wildman–Crippen LogP) is 1.45. The van der Waals surface area contributed by atoms with E-state index in [2.05, 4.69) is 45.9 Å². The quantitative estimate of drug-likeness (QED) is 0.835. The molecule has 0 aliphatic carbocycles. The summed E-state index contributed by atoms with van der Waals surface area (Å²) >= 11 is 0. The molecule has 4 nitrogen and oxygen atoms in total. The molecule has 2 aliphatic heterocycles. The minimum absolute atomic E-state index is 0.904. The number of ether oxygens (including phenoxy) is 1. The topological polar surface area (TPSA) is 19.0 Å². The Bertz CT molecular complexity index is 437. The number of benzene rings is 1. The summed E-state index contributed by atoms with van der Waals surface area (Å²) in [5.41, 5.74) is 2.80. The van der Waals surface area contributed by atoms with Gasteiger partial charge in [-0.15, -0.1) is 0 Å². The van der Waals surface area contributed by atoms with Gasteiger partial charge in [-0.2, -0.15) is 0 Å². The van der Waals surface area contributed by atoms with Crippen molar-refractivity contribution in [3.8, 4) is 0 Å². The van der Waals surface area contributed by atoms with Gasteiger partial charge in [-0.3, -0.25) is 9.80 Å². The van der Waals surface area contributed by atoms with Crippen LogP contribution in [0.25, 0.3) is 0 Å². The third-order valence-corrected chi connectivity index (χ3v) is 4.66. The number of rotatable bonds is 4. The van der Waals surface area contributed by atoms with E-state index in [0.29, 0.717) is 0 Å². The molecule has 0 aromatic heterocycles. The lowest BCUT2D eigenvalue weighted by Gasteiger charge is -2.38. The molecule has 3 rings (SSSR count). The maximum Gasteiger partial charge on any atom is 0.0594 e. The number of hydrogen-bond donors (Lipinski definition) is 0. The van der Waals surface area contributed by atoms with Crippen molar-refractivity contribution in [3.05, 3.63) is 29.8 Å². The molecule has 21 heavy (non-hydrogen) atoms. The third kappa shape index (κ3) is 3.96. The number of hydrogen-bond acceptors (Lipinski definition) is 4. The summed E-state index contributed by atoms with van der Waals surface area (Å²) in [4.78, 5) is 7.65. The van der Waals surface area contributed by atoms with Crippen molar-refractivity contribution >= 4 is 5.69 Å². The Morgan fingerprint density at radius 3 is 2.14 bits per heavy atom. The van der Waals surface area contributed by atoms with Gasteiger partial charge in [-0.05, 0) is 18.6 Å². The second kappa shape index (κ2) is 7.25. The van der Waals surface area contributed by atoms with Gasteiger partial charge in [0.25, 0.3) is 0 Å². The molecule has 2 saturated heterocycles. The standard InChI is InChI=1S/C17H27N3O/c1-16-4-2-3-5-17(16)20-10-8-18(9-11-20)6-7-19-12-14-21-15-13-19/h2-5H,6-15H2,1H3. The molecule has 0 N–H and O–H groups in total. The largest absolute Gasteiger partial charge is 0.379 e. The van der Waals surface area contributed by atoms with E-state index in [4.69, 9.17) is 4.74 Å². The van der Waals surface area contributed by atoms with E-state index in [-0.39, 0.29) is 0 Å². The highest BCUT2D eigenvalue weighted by Gasteiger charge is 2.19. The first-order valence-electron chi connectivity index (χ1n) is 8.16. The lowest BCUT2D eigenvalue weighted by atomic mass is 10.1. The Kier molecular flexibility index (Phi) is 5.12. The zero-order chi connectivity index (χ0) is 14.5. The van der Waals surface area contributed by atoms with Gasteiger partial charge >= 0.3 is 0 Å². The lowest BCUT2D eigenvalue weighted by molar-refractivity contribution is 0.0331. The fourth-order valence-electron chi connectivity index (χ4n) is 3.24. The van der Waals surface area contributed by atoms with Crippen LogP contribution in [0.15, 0.2) is 24.3 Å². The summed E-state index contributed by atoms with van der Waals surface area (Å²) in [5, 5.41) is 0. The van der Waals surface area contributed by atoms with E-state index in [1.165, 1.54) is 37.4 Å². The molecule has 1 aromatic rings. The summed E-state index contributed by atoms with van der Waals surface area (Å²) in [7, 11) is 0. The van der Waals surface area contributed by atoms with E-state index < -0.39 is 0 Å². The van der Waals surface area contributed by atoms with Crippen LogP contribution in [0, 0.1) is 6.92 Å². The molecule has 4 heteroatoms. The SMILES string of the molecule is Cc1ccccc1N1CCN(CCN2CCOCC2)CC1.